The minimum Gasteiger partial charge on any atom is -0.493 e. The fraction of sp³-hybridized carbons (Fsp3) is 0.611. The highest BCUT2D eigenvalue weighted by Crippen LogP contribution is 2.27. The van der Waals surface area contributed by atoms with Crippen LogP contribution in [0.4, 0.5) is 4.79 Å². The number of hydrogen-bond donors (Lipinski definition) is 1. The van der Waals surface area contributed by atoms with Gasteiger partial charge < -0.3 is 19.7 Å². The Morgan fingerprint density at radius 2 is 2.04 bits per heavy atom. The largest absolute Gasteiger partial charge is 0.493 e. The van der Waals surface area contributed by atoms with Gasteiger partial charge in [-0.2, -0.15) is 0 Å². The molecule has 128 valence electrons. The topological polar surface area (TPSA) is 50.8 Å². The van der Waals surface area contributed by atoms with Crippen molar-refractivity contribution in [1.29, 1.82) is 0 Å². The highest BCUT2D eigenvalue weighted by Gasteiger charge is 2.24. The van der Waals surface area contributed by atoms with Gasteiger partial charge in [0, 0.05) is 19.1 Å². The van der Waals surface area contributed by atoms with Crippen LogP contribution in [0, 0.1) is 0 Å². The number of carbonyl (C=O) groups is 1. The smallest absolute Gasteiger partial charge is 0.317 e. The van der Waals surface area contributed by atoms with Crippen LogP contribution >= 0.6 is 0 Å². The molecule has 1 aromatic carbocycles. The SMILES string of the molecule is CCC1CCCCN1C(=O)NCCc1ccc(OC)c(OC)c1. The predicted molar refractivity (Wildman–Crippen MR) is 91.3 cm³/mol. The number of methoxy groups -OCH3 is 2. The number of nitrogens with zero attached hydrogens (tertiary/aromatic N) is 1. The van der Waals surface area contributed by atoms with Gasteiger partial charge in [-0.15, -0.1) is 0 Å². The maximum Gasteiger partial charge on any atom is 0.317 e. The van der Waals surface area contributed by atoms with Crippen LogP contribution in [0.3, 0.4) is 0 Å². The summed E-state index contributed by atoms with van der Waals surface area (Å²) >= 11 is 0. The first-order chi connectivity index (χ1) is 11.2. The summed E-state index contributed by atoms with van der Waals surface area (Å²) in [5, 5.41) is 3.05. The number of amides is 2. The molecule has 1 N–H and O–H groups in total. The fourth-order valence-corrected chi connectivity index (χ4v) is 3.14. The van der Waals surface area contributed by atoms with E-state index in [-0.39, 0.29) is 6.03 Å². The van der Waals surface area contributed by atoms with Crippen molar-refractivity contribution in [2.45, 2.75) is 45.1 Å². The van der Waals surface area contributed by atoms with E-state index in [0.717, 1.165) is 49.3 Å². The molecule has 2 rings (SSSR count). The van der Waals surface area contributed by atoms with Crippen molar-refractivity contribution in [2.75, 3.05) is 27.3 Å². The fourth-order valence-electron chi connectivity index (χ4n) is 3.14. The number of rotatable bonds is 6. The number of benzene rings is 1. The van der Waals surface area contributed by atoms with E-state index in [9.17, 15) is 4.79 Å². The number of carbonyl (C=O) groups excluding carboxylic acids is 1. The molecule has 1 aliphatic heterocycles. The van der Waals surface area contributed by atoms with Gasteiger partial charge in [-0.1, -0.05) is 13.0 Å². The number of piperidine rings is 1. The zero-order valence-corrected chi connectivity index (χ0v) is 14.4. The van der Waals surface area contributed by atoms with Gasteiger partial charge in [0.25, 0.3) is 0 Å². The minimum absolute atomic E-state index is 0.0667. The van der Waals surface area contributed by atoms with Gasteiger partial charge in [-0.05, 0) is 49.8 Å². The van der Waals surface area contributed by atoms with E-state index in [1.807, 2.05) is 23.1 Å². The van der Waals surface area contributed by atoms with Crippen LogP contribution in [-0.2, 0) is 6.42 Å². The summed E-state index contributed by atoms with van der Waals surface area (Å²) in [6, 6.07) is 6.32. The molecule has 5 nitrogen and oxygen atoms in total. The Kier molecular flexibility index (Phi) is 6.56. The van der Waals surface area contributed by atoms with Crippen molar-refractivity contribution >= 4 is 6.03 Å². The monoisotopic (exact) mass is 320 g/mol. The third kappa shape index (κ3) is 4.53. The second kappa shape index (κ2) is 8.65. The minimum atomic E-state index is 0.0667. The van der Waals surface area contributed by atoms with Crippen molar-refractivity contribution in [2.24, 2.45) is 0 Å². The summed E-state index contributed by atoms with van der Waals surface area (Å²) in [6.45, 7) is 3.65. The average molecular weight is 320 g/mol. The summed E-state index contributed by atoms with van der Waals surface area (Å²) in [7, 11) is 3.26. The van der Waals surface area contributed by atoms with Gasteiger partial charge in [0.15, 0.2) is 11.5 Å². The molecule has 1 fully saturated rings. The van der Waals surface area contributed by atoms with E-state index in [1.54, 1.807) is 14.2 Å². The van der Waals surface area contributed by atoms with Crippen molar-refractivity contribution in [1.82, 2.24) is 10.2 Å². The Balaban J connectivity index is 1.85. The molecule has 0 aromatic heterocycles. The Bertz CT molecular complexity index is 519. The van der Waals surface area contributed by atoms with Gasteiger partial charge >= 0.3 is 6.03 Å². The van der Waals surface area contributed by atoms with E-state index >= 15 is 0 Å². The maximum atomic E-state index is 12.4. The molecular formula is C18H28N2O3. The Morgan fingerprint density at radius 3 is 2.74 bits per heavy atom. The first-order valence-corrected chi connectivity index (χ1v) is 8.45. The van der Waals surface area contributed by atoms with Crippen LogP contribution in [0.1, 0.15) is 38.2 Å². The van der Waals surface area contributed by atoms with Crippen LogP contribution in [0.5, 0.6) is 11.5 Å². The normalized spacial score (nSPS) is 17.7. The Labute approximate surface area is 139 Å². The van der Waals surface area contributed by atoms with Crippen molar-refractivity contribution in [3.63, 3.8) is 0 Å². The third-order valence-electron chi connectivity index (χ3n) is 4.50. The molecule has 0 bridgehead atoms. The number of ether oxygens (including phenoxy) is 2. The van der Waals surface area contributed by atoms with Gasteiger partial charge in [0.1, 0.15) is 0 Å². The first-order valence-electron chi connectivity index (χ1n) is 8.45. The molecule has 1 heterocycles. The highest BCUT2D eigenvalue weighted by molar-refractivity contribution is 5.74. The van der Waals surface area contributed by atoms with Gasteiger partial charge in [-0.25, -0.2) is 4.79 Å². The molecule has 1 aliphatic rings. The van der Waals surface area contributed by atoms with E-state index in [0.29, 0.717) is 12.6 Å². The van der Waals surface area contributed by atoms with Gasteiger partial charge in [-0.3, -0.25) is 0 Å². The average Bonchev–Trinajstić information content (AvgIpc) is 2.61. The van der Waals surface area contributed by atoms with E-state index < -0.39 is 0 Å². The molecule has 2 amide bonds. The zero-order chi connectivity index (χ0) is 16.7. The summed E-state index contributed by atoms with van der Waals surface area (Å²) in [6.07, 6.45) is 5.27. The van der Waals surface area contributed by atoms with Crippen LogP contribution in [-0.4, -0.2) is 44.3 Å². The molecule has 1 atom stereocenters. The number of likely N-dealkylation sites (tertiary alicyclic amines) is 1. The van der Waals surface area contributed by atoms with E-state index in [4.69, 9.17) is 9.47 Å². The van der Waals surface area contributed by atoms with E-state index in [1.165, 1.54) is 6.42 Å². The molecule has 0 spiro atoms. The second-order valence-corrected chi connectivity index (χ2v) is 5.92. The standard InChI is InChI=1S/C18H28N2O3/c1-4-15-7-5-6-12-20(15)18(21)19-11-10-14-8-9-16(22-2)17(13-14)23-3/h8-9,13,15H,4-7,10-12H2,1-3H3,(H,19,21). The van der Waals surface area contributed by atoms with Gasteiger partial charge in [0.05, 0.1) is 14.2 Å². The first kappa shape index (κ1) is 17.4. The predicted octanol–water partition coefficient (Wildman–Crippen LogP) is 3.22. The van der Waals surface area contributed by atoms with Crippen molar-refractivity contribution < 1.29 is 14.3 Å². The van der Waals surface area contributed by atoms with Crippen LogP contribution < -0.4 is 14.8 Å². The summed E-state index contributed by atoms with van der Waals surface area (Å²) in [5.74, 6) is 1.44. The molecule has 23 heavy (non-hydrogen) atoms. The van der Waals surface area contributed by atoms with E-state index in [2.05, 4.69) is 12.2 Å². The molecular weight excluding hydrogens is 292 g/mol. The molecule has 1 unspecified atom stereocenters. The number of urea groups is 1. The lowest BCUT2D eigenvalue weighted by molar-refractivity contribution is 0.149. The maximum absolute atomic E-state index is 12.4. The summed E-state index contributed by atoms with van der Waals surface area (Å²) in [4.78, 5) is 14.3. The van der Waals surface area contributed by atoms with Crippen LogP contribution in [0.15, 0.2) is 18.2 Å². The quantitative estimate of drug-likeness (QED) is 0.875. The molecule has 5 heteroatoms. The van der Waals surface area contributed by atoms with Crippen LogP contribution in [0.25, 0.3) is 0 Å². The van der Waals surface area contributed by atoms with Crippen molar-refractivity contribution in [3.05, 3.63) is 23.8 Å². The molecule has 1 aromatic rings. The third-order valence-corrected chi connectivity index (χ3v) is 4.50. The second-order valence-electron chi connectivity index (χ2n) is 5.92. The van der Waals surface area contributed by atoms with Crippen LogP contribution in [0.2, 0.25) is 0 Å². The molecule has 0 radical (unpaired) electrons. The Hall–Kier alpha value is -1.91. The number of hydrogen-bond acceptors (Lipinski definition) is 3. The molecule has 0 saturated carbocycles. The lowest BCUT2D eigenvalue weighted by Gasteiger charge is -2.35. The summed E-state index contributed by atoms with van der Waals surface area (Å²) in [5.41, 5.74) is 1.12. The number of nitrogens with one attached hydrogen (secondary N) is 1. The molecule has 0 aliphatic carbocycles. The zero-order valence-electron chi connectivity index (χ0n) is 14.4. The highest BCUT2D eigenvalue weighted by atomic mass is 16.5. The lowest BCUT2D eigenvalue weighted by Crippen LogP contribution is -2.48. The van der Waals surface area contributed by atoms with Crippen molar-refractivity contribution in [3.8, 4) is 11.5 Å². The summed E-state index contributed by atoms with van der Waals surface area (Å²) < 4.78 is 10.5. The Morgan fingerprint density at radius 1 is 1.26 bits per heavy atom. The molecule has 1 saturated heterocycles. The lowest BCUT2D eigenvalue weighted by atomic mass is 10.0. The van der Waals surface area contributed by atoms with Gasteiger partial charge in [0.2, 0.25) is 0 Å².